The summed E-state index contributed by atoms with van der Waals surface area (Å²) in [6, 6.07) is 6.09. The van der Waals surface area contributed by atoms with Crippen molar-refractivity contribution in [3.63, 3.8) is 0 Å². The fourth-order valence-corrected chi connectivity index (χ4v) is 2.35. The fourth-order valence-electron chi connectivity index (χ4n) is 2.35. The summed E-state index contributed by atoms with van der Waals surface area (Å²) in [5.74, 6) is 1.94. The molecular weight excluding hydrogens is 258 g/mol. The van der Waals surface area contributed by atoms with Gasteiger partial charge in [0, 0.05) is 13.1 Å². The first-order valence-corrected chi connectivity index (χ1v) is 6.63. The topological polar surface area (TPSA) is 60.6 Å². The van der Waals surface area contributed by atoms with E-state index in [1.54, 1.807) is 14.2 Å². The van der Waals surface area contributed by atoms with Gasteiger partial charge in [-0.25, -0.2) is 0 Å². The molecular formula is C14H17N3O3. The van der Waals surface area contributed by atoms with Gasteiger partial charge in [-0.2, -0.15) is 4.98 Å². The molecule has 0 atom stereocenters. The quantitative estimate of drug-likeness (QED) is 0.853. The van der Waals surface area contributed by atoms with Crippen LogP contribution in [0.5, 0.6) is 11.5 Å². The van der Waals surface area contributed by atoms with Gasteiger partial charge in [0.1, 0.15) is 11.5 Å². The molecule has 6 heteroatoms. The number of hydrogen-bond donors (Lipinski definition) is 0. The van der Waals surface area contributed by atoms with Crippen LogP contribution in [0.2, 0.25) is 0 Å². The highest BCUT2D eigenvalue weighted by Crippen LogP contribution is 2.32. The van der Waals surface area contributed by atoms with Gasteiger partial charge in [0.05, 0.1) is 19.8 Å². The number of nitrogens with zero attached hydrogens (tertiary/aromatic N) is 3. The normalized spacial score (nSPS) is 14.6. The Kier molecular flexibility index (Phi) is 3.45. The lowest BCUT2D eigenvalue weighted by Crippen LogP contribution is -2.17. The zero-order chi connectivity index (χ0) is 13.9. The minimum Gasteiger partial charge on any atom is -0.497 e. The number of rotatable bonds is 4. The Hall–Kier alpha value is -2.24. The maximum Gasteiger partial charge on any atom is 0.324 e. The SMILES string of the molecule is COc1ccc(OC)c(-c2noc(N3CCCC3)n2)c1. The molecule has 1 aromatic heterocycles. The molecule has 0 radical (unpaired) electrons. The van der Waals surface area contributed by atoms with Gasteiger partial charge in [0.25, 0.3) is 0 Å². The average Bonchev–Trinajstić information content (AvgIpc) is 3.17. The molecule has 1 saturated heterocycles. The number of anilines is 1. The molecule has 2 heterocycles. The minimum atomic E-state index is 0.516. The second-order valence-corrected chi connectivity index (χ2v) is 4.66. The molecule has 106 valence electrons. The summed E-state index contributed by atoms with van der Waals surface area (Å²) in [5.41, 5.74) is 0.765. The van der Waals surface area contributed by atoms with Crippen molar-refractivity contribution in [3.05, 3.63) is 18.2 Å². The van der Waals surface area contributed by atoms with E-state index in [9.17, 15) is 0 Å². The first-order chi connectivity index (χ1) is 9.81. The summed E-state index contributed by atoms with van der Waals surface area (Å²) >= 11 is 0. The Morgan fingerprint density at radius 3 is 2.65 bits per heavy atom. The second kappa shape index (κ2) is 5.40. The lowest BCUT2D eigenvalue weighted by molar-refractivity contribution is 0.402. The standard InChI is InChI=1S/C14H17N3O3/c1-18-10-5-6-12(19-2)11(9-10)13-15-14(20-16-13)17-7-3-4-8-17/h5-6,9H,3-4,7-8H2,1-2H3. The van der Waals surface area contributed by atoms with Crippen molar-refractivity contribution >= 4 is 6.01 Å². The molecule has 1 aliphatic heterocycles. The first-order valence-electron chi connectivity index (χ1n) is 6.63. The molecule has 1 aromatic carbocycles. The third-order valence-electron chi connectivity index (χ3n) is 3.44. The van der Waals surface area contributed by atoms with E-state index in [1.165, 1.54) is 12.8 Å². The Bertz CT molecular complexity index is 591. The summed E-state index contributed by atoms with van der Waals surface area (Å²) in [7, 11) is 3.24. The zero-order valence-corrected chi connectivity index (χ0v) is 11.6. The molecule has 0 amide bonds. The van der Waals surface area contributed by atoms with Gasteiger partial charge in [-0.3, -0.25) is 0 Å². The molecule has 0 N–H and O–H groups in total. The average molecular weight is 275 g/mol. The van der Waals surface area contributed by atoms with Crippen molar-refractivity contribution in [1.29, 1.82) is 0 Å². The van der Waals surface area contributed by atoms with E-state index in [2.05, 4.69) is 15.0 Å². The minimum absolute atomic E-state index is 0.516. The molecule has 1 fully saturated rings. The van der Waals surface area contributed by atoms with Crippen LogP contribution in [0.1, 0.15) is 12.8 Å². The number of hydrogen-bond acceptors (Lipinski definition) is 6. The second-order valence-electron chi connectivity index (χ2n) is 4.66. The van der Waals surface area contributed by atoms with Gasteiger partial charge in [0.15, 0.2) is 0 Å². The summed E-state index contributed by atoms with van der Waals surface area (Å²) in [6.07, 6.45) is 2.33. The van der Waals surface area contributed by atoms with Crippen molar-refractivity contribution in [2.45, 2.75) is 12.8 Å². The predicted molar refractivity (Wildman–Crippen MR) is 74.3 cm³/mol. The Morgan fingerprint density at radius 1 is 1.15 bits per heavy atom. The van der Waals surface area contributed by atoms with Crippen LogP contribution < -0.4 is 14.4 Å². The van der Waals surface area contributed by atoms with Crippen molar-refractivity contribution in [3.8, 4) is 22.9 Å². The van der Waals surface area contributed by atoms with Crippen molar-refractivity contribution in [2.75, 3.05) is 32.2 Å². The van der Waals surface area contributed by atoms with E-state index < -0.39 is 0 Å². The van der Waals surface area contributed by atoms with Gasteiger partial charge >= 0.3 is 6.01 Å². The third kappa shape index (κ3) is 2.29. The van der Waals surface area contributed by atoms with Crippen molar-refractivity contribution < 1.29 is 14.0 Å². The van der Waals surface area contributed by atoms with Gasteiger partial charge in [-0.1, -0.05) is 5.16 Å². The highest BCUT2D eigenvalue weighted by Gasteiger charge is 2.20. The monoisotopic (exact) mass is 275 g/mol. The molecule has 2 aromatic rings. The van der Waals surface area contributed by atoms with Crippen LogP contribution in [-0.2, 0) is 0 Å². The van der Waals surface area contributed by atoms with Crippen LogP contribution in [0, 0.1) is 0 Å². The van der Waals surface area contributed by atoms with E-state index in [0.717, 1.165) is 24.4 Å². The molecule has 0 aliphatic carbocycles. The predicted octanol–water partition coefficient (Wildman–Crippen LogP) is 2.35. The van der Waals surface area contributed by atoms with E-state index in [1.807, 2.05) is 18.2 Å². The van der Waals surface area contributed by atoms with Crippen LogP contribution in [0.15, 0.2) is 22.7 Å². The molecule has 3 rings (SSSR count). The molecule has 0 bridgehead atoms. The van der Waals surface area contributed by atoms with E-state index >= 15 is 0 Å². The molecule has 0 saturated carbocycles. The highest BCUT2D eigenvalue weighted by molar-refractivity contribution is 5.66. The zero-order valence-electron chi connectivity index (χ0n) is 11.6. The Labute approximate surface area is 117 Å². The molecule has 6 nitrogen and oxygen atoms in total. The highest BCUT2D eigenvalue weighted by atomic mass is 16.5. The fraction of sp³-hybridized carbons (Fsp3) is 0.429. The van der Waals surface area contributed by atoms with Crippen molar-refractivity contribution in [2.24, 2.45) is 0 Å². The van der Waals surface area contributed by atoms with Gasteiger partial charge < -0.3 is 18.9 Å². The van der Waals surface area contributed by atoms with Crippen LogP contribution in [0.25, 0.3) is 11.4 Å². The maximum atomic E-state index is 5.34. The maximum absolute atomic E-state index is 5.34. The Balaban J connectivity index is 1.95. The van der Waals surface area contributed by atoms with Gasteiger partial charge in [0.2, 0.25) is 5.82 Å². The van der Waals surface area contributed by atoms with E-state index in [4.69, 9.17) is 14.0 Å². The number of aromatic nitrogens is 2. The van der Waals surface area contributed by atoms with Crippen LogP contribution in [0.3, 0.4) is 0 Å². The van der Waals surface area contributed by atoms with Gasteiger partial charge in [-0.15, -0.1) is 0 Å². The summed E-state index contributed by atoms with van der Waals surface area (Å²) in [5, 5.41) is 4.05. The first kappa shape index (κ1) is 12.8. The van der Waals surface area contributed by atoms with E-state index in [-0.39, 0.29) is 0 Å². The van der Waals surface area contributed by atoms with E-state index in [0.29, 0.717) is 17.6 Å². The smallest absolute Gasteiger partial charge is 0.324 e. The molecule has 0 spiro atoms. The third-order valence-corrected chi connectivity index (χ3v) is 3.44. The number of methoxy groups -OCH3 is 2. The lowest BCUT2D eigenvalue weighted by atomic mass is 10.2. The van der Waals surface area contributed by atoms with Crippen LogP contribution in [0.4, 0.5) is 6.01 Å². The summed E-state index contributed by atoms with van der Waals surface area (Å²) < 4.78 is 15.9. The molecule has 0 unspecified atom stereocenters. The summed E-state index contributed by atoms with van der Waals surface area (Å²) in [4.78, 5) is 6.56. The lowest BCUT2D eigenvalue weighted by Gasteiger charge is -2.09. The number of ether oxygens (including phenoxy) is 2. The van der Waals surface area contributed by atoms with Gasteiger partial charge in [-0.05, 0) is 31.0 Å². The summed E-state index contributed by atoms with van der Waals surface area (Å²) in [6.45, 7) is 1.94. The Morgan fingerprint density at radius 2 is 1.95 bits per heavy atom. The van der Waals surface area contributed by atoms with Crippen LogP contribution >= 0.6 is 0 Å². The number of benzene rings is 1. The van der Waals surface area contributed by atoms with Crippen molar-refractivity contribution in [1.82, 2.24) is 10.1 Å². The molecule has 1 aliphatic rings. The van der Waals surface area contributed by atoms with Crippen LogP contribution in [-0.4, -0.2) is 37.4 Å². The molecule has 20 heavy (non-hydrogen) atoms. The largest absolute Gasteiger partial charge is 0.497 e.